The summed E-state index contributed by atoms with van der Waals surface area (Å²) >= 11 is 12.9. The minimum absolute atomic E-state index is 0.0299. The van der Waals surface area contributed by atoms with Crippen LogP contribution < -0.4 is 9.62 Å². The summed E-state index contributed by atoms with van der Waals surface area (Å²) in [5, 5.41) is 3.81. The van der Waals surface area contributed by atoms with Crippen molar-refractivity contribution < 1.29 is 18.0 Å². The summed E-state index contributed by atoms with van der Waals surface area (Å²) in [5.41, 5.74) is 1.94. The topological polar surface area (TPSA) is 86.8 Å². The zero-order valence-electron chi connectivity index (χ0n) is 22.4. The zero-order chi connectivity index (χ0) is 28.0. The van der Waals surface area contributed by atoms with E-state index in [1.54, 1.807) is 30.3 Å². The highest BCUT2D eigenvalue weighted by Gasteiger charge is 2.33. The molecule has 0 aromatic heterocycles. The Bertz CT molecular complexity index is 1210. The van der Waals surface area contributed by atoms with Gasteiger partial charge in [0.25, 0.3) is 0 Å². The van der Waals surface area contributed by atoms with Crippen LogP contribution in [-0.4, -0.2) is 50.0 Å². The van der Waals surface area contributed by atoms with Crippen molar-refractivity contribution in [3.63, 3.8) is 0 Å². The van der Waals surface area contributed by atoms with Gasteiger partial charge >= 0.3 is 0 Å². The van der Waals surface area contributed by atoms with Gasteiger partial charge < -0.3 is 10.2 Å². The van der Waals surface area contributed by atoms with Crippen molar-refractivity contribution in [1.82, 2.24) is 10.2 Å². The van der Waals surface area contributed by atoms with E-state index in [0.717, 1.165) is 41.8 Å². The fourth-order valence-corrected chi connectivity index (χ4v) is 6.15. The lowest BCUT2D eigenvalue weighted by Gasteiger charge is -2.33. The van der Waals surface area contributed by atoms with Gasteiger partial charge in [-0.1, -0.05) is 75.0 Å². The van der Waals surface area contributed by atoms with Crippen LogP contribution in [0.5, 0.6) is 0 Å². The zero-order valence-corrected chi connectivity index (χ0v) is 24.7. The SMILES string of the molecule is CC[C@H](C(=O)NC1CCCC1)N(Cc1c(Cl)cccc1Cl)C(=O)CN(c1ccc(C(C)C)cc1)S(C)(=O)=O. The Morgan fingerprint density at radius 3 is 2.11 bits per heavy atom. The highest BCUT2D eigenvalue weighted by atomic mass is 35.5. The fourth-order valence-electron chi connectivity index (χ4n) is 4.78. The smallest absolute Gasteiger partial charge is 0.244 e. The molecule has 1 atom stereocenters. The Kier molecular flexibility index (Phi) is 10.5. The number of amides is 2. The predicted molar refractivity (Wildman–Crippen MR) is 154 cm³/mol. The van der Waals surface area contributed by atoms with E-state index in [4.69, 9.17) is 23.2 Å². The highest BCUT2D eigenvalue weighted by Crippen LogP contribution is 2.28. The molecule has 2 aromatic rings. The molecule has 0 unspecified atom stereocenters. The number of hydrogen-bond acceptors (Lipinski definition) is 4. The first-order valence-electron chi connectivity index (χ1n) is 13.0. The van der Waals surface area contributed by atoms with Crippen LogP contribution in [0.1, 0.15) is 69.9 Å². The van der Waals surface area contributed by atoms with Gasteiger partial charge in [-0.05, 0) is 55.0 Å². The highest BCUT2D eigenvalue weighted by molar-refractivity contribution is 7.92. The Labute approximate surface area is 236 Å². The summed E-state index contributed by atoms with van der Waals surface area (Å²) in [4.78, 5) is 28.7. The number of rotatable bonds is 11. The summed E-state index contributed by atoms with van der Waals surface area (Å²) in [7, 11) is -3.81. The molecule has 0 heterocycles. The first kappa shape index (κ1) is 30.3. The van der Waals surface area contributed by atoms with Crippen LogP contribution in [0.25, 0.3) is 0 Å². The molecule has 0 bridgehead atoms. The maximum absolute atomic E-state index is 13.9. The molecule has 1 aliphatic carbocycles. The summed E-state index contributed by atoms with van der Waals surface area (Å²) in [6.45, 7) is 5.43. The predicted octanol–water partition coefficient (Wildman–Crippen LogP) is 5.75. The molecule has 1 fully saturated rings. The maximum atomic E-state index is 13.9. The third-order valence-electron chi connectivity index (χ3n) is 7.00. The number of benzene rings is 2. The number of sulfonamides is 1. The molecule has 38 heavy (non-hydrogen) atoms. The molecule has 7 nitrogen and oxygen atoms in total. The number of carbonyl (C=O) groups excluding carboxylic acids is 2. The summed E-state index contributed by atoms with van der Waals surface area (Å²) in [5.74, 6) is -0.507. The van der Waals surface area contributed by atoms with Crippen LogP contribution in [0, 0.1) is 0 Å². The van der Waals surface area contributed by atoms with Crippen LogP contribution in [0.15, 0.2) is 42.5 Å². The Morgan fingerprint density at radius 1 is 1.03 bits per heavy atom. The van der Waals surface area contributed by atoms with E-state index in [0.29, 0.717) is 27.7 Å². The second-order valence-corrected chi connectivity index (χ2v) is 12.9. The summed E-state index contributed by atoms with van der Waals surface area (Å²) < 4.78 is 26.7. The Morgan fingerprint density at radius 2 is 1.61 bits per heavy atom. The Balaban J connectivity index is 1.96. The van der Waals surface area contributed by atoms with Crippen molar-refractivity contribution in [3.8, 4) is 0 Å². The molecule has 3 rings (SSSR count). The maximum Gasteiger partial charge on any atom is 0.244 e. The van der Waals surface area contributed by atoms with Crippen molar-refractivity contribution in [3.05, 3.63) is 63.6 Å². The normalized spacial score (nSPS) is 14.9. The van der Waals surface area contributed by atoms with Crippen LogP contribution in [0.2, 0.25) is 10.0 Å². The summed E-state index contributed by atoms with van der Waals surface area (Å²) in [6.07, 6.45) is 5.32. The minimum Gasteiger partial charge on any atom is -0.352 e. The van der Waals surface area contributed by atoms with E-state index in [1.807, 2.05) is 32.9 Å². The number of nitrogens with zero attached hydrogens (tertiary/aromatic N) is 2. The molecule has 0 radical (unpaired) electrons. The van der Waals surface area contributed by atoms with Gasteiger partial charge in [0.15, 0.2) is 0 Å². The van der Waals surface area contributed by atoms with Crippen molar-refractivity contribution >= 4 is 50.7 Å². The van der Waals surface area contributed by atoms with Gasteiger partial charge in [-0.2, -0.15) is 0 Å². The molecule has 1 saturated carbocycles. The minimum atomic E-state index is -3.81. The fraction of sp³-hybridized carbons (Fsp3) is 0.500. The monoisotopic (exact) mass is 581 g/mol. The van der Waals surface area contributed by atoms with E-state index in [2.05, 4.69) is 5.32 Å². The van der Waals surface area contributed by atoms with Gasteiger partial charge in [-0.3, -0.25) is 13.9 Å². The van der Waals surface area contributed by atoms with Crippen molar-refractivity contribution in [2.75, 3.05) is 17.1 Å². The van der Waals surface area contributed by atoms with Gasteiger partial charge in [-0.15, -0.1) is 0 Å². The molecule has 2 aromatic carbocycles. The van der Waals surface area contributed by atoms with E-state index >= 15 is 0 Å². The molecule has 1 N–H and O–H groups in total. The molecule has 2 amide bonds. The van der Waals surface area contributed by atoms with E-state index in [9.17, 15) is 18.0 Å². The van der Waals surface area contributed by atoms with E-state index in [-0.39, 0.29) is 24.4 Å². The van der Waals surface area contributed by atoms with Gasteiger partial charge in [0, 0.05) is 28.2 Å². The third-order valence-corrected chi connectivity index (χ3v) is 8.85. The molecular weight excluding hydrogens is 545 g/mol. The summed E-state index contributed by atoms with van der Waals surface area (Å²) in [6, 6.07) is 11.4. The second kappa shape index (κ2) is 13.2. The number of halogens is 2. The lowest BCUT2D eigenvalue weighted by Crippen LogP contribution is -2.53. The molecule has 0 saturated heterocycles. The second-order valence-electron chi connectivity index (χ2n) is 10.2. The lowest BCUT2D eigenvalue weighted by atomic mass is 10.0. The average Bonchev–Trinajstić information content (AvgIpc) is 3.36. The number of hydrogen-bond donors (Lipinski definition) is 1. The van der Waals surface area contributed by atoms with Gasteiger partial charge in [0.05, 0.1) is 11.9 Å². The molecular formula is C28H37Cl2N3O4S. The molecule has 0 spiro atoms. The standard InChI is InChI=1S/C28H37Cl2N3O4S/c1-5-26(28(35)31-21-9-6-7-10-21)32(17-23-24(29)11-8-12-25(23)30)27(34)18-33(38(4,36)37)22-15-13-20(14-16-22)19(2)3/h8,11-16,19,21,26H,5-7,9-10,17-18H2,1-4H3,(H,31,35)/t26-/m1/s1. The van der Waals surface area contributed by atoms with Gasteiger partial charge in [-0.25, -0.2) is 8.42 Å². The van der Waals surface area contributed by atoms with Crippen LogP contribution in [-0.2, 0) is 26.2 Å². The van der Waals surface area contributed by atoms with E-state index in [1.165, 1.54) is 4.90 Å². The average molecular weight is 583 g/mol. The molecule has 1 aliphatic rings. The molecule has 208 valence electrons. The molecule has 10 heteroatoms. The first-order valence-corrected chi connectivity index (χ1v) is 15.6. The Hall–Kier alpha value is -2.29. The number of anilines is 1. The van der Waals surface area contributed by atoms with Gasteiger partial charge in [0.1, 0.15) is 12.6 Å². The van der Waals surface area contributed by atoms with Crippen LogP contribution in [0.4, 0.5) is 5.69 Å². The van der Waals surface area contributed by atoms with Crippen molar-refractivity contribution in [2.24, 2.45) is 0 Å². The van der Waals surface area contributed by atoms with Gasteiger partial charge in [0.2, 0.25) is 21.8 Å². The molecule has 0 aliphatic heterocycles. The lowest BCUT2D eigenvalue weighted by molar-refractivity contribution is -0.140. The number of carbonyl (C=O) groups is 2. The quantitative estimate of drug-likeness (QED) is 0.366. The van der Waals surface area contributed by atoms with Crippen molar-refractivity contribution in [1.29, 1.82) is 0 Å². The largest absolute Gasteiger partial charge is 0.352 e. The van der Waals surface area contributed by atoms with Crippen molar-refractivity contribution in [2.45, 2.75) is 77.4 Å². The first-order chi connectivity index (χ1) is 17.9. The van der Waals surface area contributed by atoms with E-state index < -0.39 is 28.5 Å². The van der Waals surface area contributed by atoms with Crippen LogP contribution >= 0.6 is 23.2 Å². The van der Waals surface area contributed by atoms with Crippen LogP contribution in [0.3, 0.4) is 0 Å². The number of nitrogens with one attached hydrogen (secondary N) is 1. The third kappa shape index (κ3) is 7.64.